The molecule has 0 radical (unpaired) electrons. The van der Waals surface area contributed by atoms with Crippen LogP contribution in [0.25, 0.3) is 0 Å². The summed E-state index contributed by atoms with van der Waals surface area (Å²) in [6, 6.07) is -0.655. The summed E-state index contributed by atoms with van der Waals surface area (Å²) < 4.78 is 0. The van der Waals surface area contributed by atoms with Crippen LogP contribution in [0.15, 0.2) is 10.6 Å². The summed E-state index contributed by atoms with van der Waals surface area (Å²) in [6.07, 6.45) is -1.19. The zero-order valence-corrected chi connectivity index (χ0v) is 20.7. The number of nitrogens with zero attached hydrogens (tertiary/aromatic N) is 3. The molecule has 35 heavy (non-hydrogen) atoms. The van der Waals surface area contributed by atoms with Gasteiger partial charge in [-0.15, -0.1) is 11.8 Å². The van der Waals surface area contributed by atoms with Crippen LogP contribution in [0.1, 0.15) is 26.7 Å². The molecule has 12 nitrogen and oxygen atoms in total. The Labute approximate surface area is 208 Å². The van der Waals surface area contributed by atoms with Crippen molar-refractivity contribution in [2.75, 3.05) is 32.7 Å². The highest BCUT2D eigenvalue weighted by molar-refractivity contribution is 8.03. The second kappa shape index (κ2) is 9.96. The summed E-state index contributed by atoms with van der Waals surface area (Å²) in [5.41, 5.74) is 5.49. The van der Waals surface area contributed by atoms with Crippen molar-refractivity contribution < 1.29 is 29.7 Å². The Morgan fingerprint density at radius 3 is 2.43 bits per heavy atom. The maximum atomic E-state index is 12.7. The number of carbonyl (C=O) groups is 3. The highest BCUT2D eigenvalue weighted by Crippen LogP contribution is 2.51. The molecular weight excluding hydrogens is 476 g/mol. The third-order valence-corrected chi connectivity index (χ3v) is 9.06. The van der Waals surface area contributed by atoms with E-state index in [-0.39, 0.29) is 53.1 Å². The standard InChI is InChI=1S/C22H34N6O6S/c1-10-17-16(11(2)29)20(32)28(17)18(21(33)34)19(10)35-12-7-13(25-9-12)14(30)8-15(31)26-3-5-27(6-4-26)22(23)24/h10-14,16-17,25,29-30H,3-9H2,1-2H3,(H3,23,24)(H,33,34)/t10-,11-,12+,13+,14+,16-,17-/m1/s1. The molecule has 13 heteroatoms. The number of β-lactam (4-membered cyclic amide) rings is 1. The topological polar surface area (TPSA) is 184 Å². The largest absolute Gasteiger partial charge is 0.477 e. The van der Waals surface area contributed by atoms with Gasteiger partial charge in [-0.25, -0.2) is 4.79 Å². The summed E-state index contributed by atoms with van der Waals surface area (Å²) >= 11 is 1.41. The van der Waals surface area contributed by atoms with E-state index in [4.69, 9.17) is 11.1 Å². The minimum Gasteiger partial charge on any atom is -0.477 e. The number of aliphatic carboxylic acids is 1. The van der Waals surface area contributed by atoms with Gasteiger partial charge in [0, 0.05) is 54.8 Å². The molecule has 0 aromatic carbocycles. The van der Waals surface area contributed by atoms with Crippen LogP contribution < -0.4 is 11.1 Å². The number of carbonyl (C=O) groups excluding carboxylic acids is 2. The number of aliphatic hydroxyl groups is 2. The molecule has 3 saturated heterocycles. The van der Waals surface area contributed by atoms with Crippen LogP contribution in [0, 0.1) is 17.2 Å². The van der Waals surface area contributed by atoms with E-state index in [1.807, 2.05) is 6.92 Å². The number of carboxylic acid groups (broad SMARTS) is 1. The molecule has 0 spiro atoms. The summed E-state index contributed by atoms with van der Waals surface area (Å²) in [5, 5.41) is 41.2. The minimum absolute atomic E-state index is 0.00159. The predicted molar refractivity (Wildman–Crippen MR) is 128 cm³/mol. The summed E-state index contributed by atoms with van der Waals surface area (Å²) in [6.45, 7) is 5.87. The fraction of sp³-hybridized carbons (Fsp3) is 0.727. The predicted octanol–water partition coefficient (Wildman–Crippen LogP) is -1.61. The molecule has 0 unspecified atom stereocenters. The van der Waals surface area contributed by atoms with E-state index < -0.39 is 24.1 Å². The molecule has 0 aliphatic carbocycles. The first-order valence-corrected chi connectivity index (χ1v) is 12.8. The quantitative estimate of drug-likeness (QED) is 0.132. The van der Waals surface area contributed by atoms with Gasteiger partial charge in [0.2, 0.25) is 11.8 Å². The molecule has 4 heterocycles. The number of hydrogen-bond acceptors (Lipinski definition) is 8. The summed E-state index contributed by atoms with van der Waals surface area (Å²) in [7, 11) is 0. The van der Waals surface area contributed by atoms with Crippen LogP contribution >= 0.6 is 11.8 Å². The van der Waals surface area contributed by atoms with Gasteiger partial charge < -0.3 is 41.1 Å². The number of rotatable bonds is 7. The van der Waals surface area contributed by atoms with Crippen molar-refractivity contribution in [2.45, 2.75) is 56.2 Å². The van der Waals surface area contributed by atoms with Crippen molar-refractivity contribution in [3.8, 4) is 0 Å². The number of hydrogen-bond donors (Lipinski definition) is 6. The van der Waals surface area contributed by atoms with Crippen molar-refractivity contribution in [1.29, 1.82) is 5.41 Å². The number of carboxylic acids is 1. The molecule has 0 bridgehead atoms. The molecule has 0 saturated carbocycles. The van der Waals surface area contributed by atoms with Crippen LogP contribution in [0.4, 0.5) is 0 Å². The van der Waals surface area contributed by atoms with Gasteiger partial charge in [-0.05, 0) is 13.3 Å². The van der Waals surface area contributed by atoms with E-state index in [0.29, 0.717) is 44.0 Å². The van der Waals surface area contributed by atoms with Crippen LogP contribution in [0.5, 0.6) is 0 Å². The smallest absolute Gasteiger partial charge is 0.353 e. The van der Waals surface area contributed by atoms with Crippen LogP contribution in [-0.4, -0.2) is 116 Å². The third-order valence-electron chi connectivity index (χ3n) is 7.55. The van der Waals surface area contributed by atoms with Gasteiger partial charge in [-0.1, -0.05) is 6.92 Å². The zero-order chi connectivity index (χ0) is 25.6. The van der Waals surface area contributed by atoms with Gasteiger partial charge >= 0.3 is 5.97 Å². The summed E-state index contributed by atoms with van der Waals surface area (Å²) in [5.74, 6) is -2.47. The number of thioether (sulfide) groups is 1. The van der Waals surface area contributed by atoms with E-state index in [0.717, 1.165) is 0 Å². The van der Waals surface area contributed by atoms with Crippen LogP contribution in [-0.2, 0) is 14.4 Å². The molecule has 0 aromatic rings. The number of nitrogens with two attached hydrogens (primary N) is 1. The molecule has 7 atom stereocenters. The van der Waals surface area contributed by atoms with Crippen molar-refractivity contribution in [1.82, 2.24) is 20.0 Å². The lowest BCUT2D eigenvalue weighted by molar-refractivity contribution is -0.163. The fourth-order valence-electron chi connectivity index (χ4n) is 5.62. The second-order valence-corrected chi connectivity index (χ2v) is 11.1. The van der Waals surface area contributed by atoms with Gasteiger partial charge in [0.25, 0.3) is 0 Å². The Morgan fingerprint density at radius 1 is 1.23 bits per heavy atom. The van der Waals surface area contributed by atoms with E-state index in [2.05, 4.69) is 5.32 Å². The highest BCUT2D eigenvalue weighted by atomic mass is 32.2. The number of piperazine rings is 1. The van der Waals surface area contributed by atoms with E-state index in [1.54, 1.807) is 16.7 Å². The molecule has 0 aromatic heterocycles. The van der Waals surface area contributed by atoms with Crippen molar-refractivity contribution >= 4 is 35.5 Å². The van der Waals surface area contributed by atoms with Crippen molar-refractivity contribution in [2.24, 2.45) is 17.6 Å². The van der Waals surface area contributed by atoms with Crippen LogP contribution in [0.2, 0.25) is 0 Å². The molecule has 4 aliphatic heterocycles. The maximum Gasteiger partial charge on any atom is 0.353 e. The first-order chi connectivity index (χ1) is 16.5. The molecule has 7 N–H and O–H groups in total. The molecule has 2 amide bonds. The lowest BCUT2D eigenvalue weighted by Crippen LogP contribution is -2.63. The molecule has 194 valence electrons. The normalized spacial score (nSPS) is 32.4. The SMILES string of the molecule is C[C@@H](O)[C@H]1C(=O)N2C(C(=O)O)=C(S[C@@H]3CN[C@H]([C@@H](O)CC(=O)N4CCN(C(=N)N)CC4)C3)[C@H](C)[C@H]12. The number of nitrogens with one attached hydrogen (secondary N) is 2. The third kappa shape index (κ3) is 4.74. The fourth-order valence-corrected chi connectivity index (χ4v) is 7.11. The maximum absolute atomic E-state index is 12.7. The van der Waals surface area contributed by atoms with Gasteiger partial charge in [-0.3, -0.25) is 15.0 Å². The summed E-state index contributed by atoms with van der Waals surface area (Å²) in [4.78, 5) is 42.5. The number of amides is 2. The lowest BCUT2D eigenvalue weighted by atomic mass is 9.79. The first-order valence-electron chi connectivity index (χ1n) is 11.9. The van der Waals surface area contributed by atoms with Crippen molar-refractivity contribution in [3.63, 3.8) is 0 Å². The number of aliphatic hydroxyl groups excluding tert-OH is 2. The first kappa shape index (κ1) is 25.7. The average molecular weight is 511 g/mol. The monoisotopic (exact) mass is 510 g/mol. The Morgan fingerprint density at radius 2 is 1.86 bits per heavy atom. The molecular formula is C22H34N6O6S. The average Bonchev–Trinajstić information content (AvgIpc) is 3.35. The van der Waals surface area contributed by atoms with Gasteiger partial charge in [-0.2, -0.15) is 0 Å². The highest BCUT2D eigenvalue weighted by Gasteiger charge is 2.60. The van der Waals surface area contributed by atoms with E-state index in [1.165, 1.54) is 16.7 Å². The van der Waals surface area contributed by atoms with Gasteiger partial charge in [0.1, 0.15) is 5.70 Å². The Balaban J connectivity index is 1.33. The molecule has 3 fully saturated rings. The van der Waals surface area contributed by atoms with E-state index in [9.17, 15) is 29.7 Å². The molecule has 4 aliphatic rings. The molecule has 4 rings (SSSR count). The Hall–Kier alpha value is -2.35. The van der Waals surface area contributed by atoms with Crippen molar-refractivity contribution in [3.05, 3.63) is 10.6 Å². The van der Waals surface area contributed by atoms with Gasteiger partial charge in [0.05, 0.1) is 30.6 Å². The zero-order valence-electron chi connectivity index (χ0n) is 19.9. The Kier molecular flexibility index (Phi) is 7.32. The lowest BCUT2D eigenvalue weighted by Gasteiger charge is -2.46. The van der Waals surface area contributed by atoms with Crippen LogP contribution in [0.3, 0.4) is 0 Å². The Bertz CT molecular complexity index is 935. The van der Waals surface area contributed by atoms with E-state index >= 15 is 0 Å². The van der Waals surface area contributed by atoms with Gasteiger partial charge in [0.15, 0.2) is 5.96 Å². The number of fused-ring (bicyclic) bond motifs is 1. The number of guanidine groups is 1. The second-order valence-electron chi connectivity index (χ2n) is 9.79. The minimum atomic E-state index is -1.16.